The Kier molecular flexibility index (Phi) is 4.28. The van der Waals surface area contributed by atoms with Gasteiger partial charge in [-0.2, -0.15) is 0 Å². The van der Waals surface area contributed by atoms with Gasteiger partial charge in [0.05, 0.1) is 0 Å². The Labute approximate surface area is 114 Å². The van der Waals surface area contributed by atoms with Crippen LogP contribution in [0.2, 0.25) is 0 Å². The molecule has 0 bridgehead atoms. The smallest absolute Gasteiger partial charge is 0.307 e. The number of hydrogen-bond acceptors (Lipinski definition) is 2. The van der Waals surface area contributed by atoms with Crippen molar-refractivity contribution in [1.29, 1.82) is 0 Å². The van der Waals surface area contributed by atoms with Crippen LogP contribution in [-0.4, -0.2) is 11.9 Å². The van der Waals surface area contributed by atoms with Crippen LogP contribution >= 0.6 is 0 Å². The SMILES string of the molecule is O=C(NNC(=O)c1ccccc1)Nc1ccc(F)cc1. The van der Waals surface area contributed by atoms with Crippen LogP contribution in [0.4, 0.5) is 14.9 Å². The molecule has 2 aromatic carbocycles. The summed E-state index contributed by atoms with van der Waals surface area (Å²) < 4.78 is 12.7. The highest BCUT2D eigenvalue weighted by Gasteiger charge is 2.06. The van der Waals surface area contributed by atoms with E-state index in [1.54, 1.807) is 30.3 Å². The van der Waals surface area contributed by atoms with Crippen molar-refractivity contribution in [3.8, 4) is 0 Å². The van der Waals surface area contributed by atoms with Gasteiger partial charge in [0.15, 0.2) is 0 Å². The highest BCUT2D eigenvalue weighted by molar-refractivity contribution is 5.97. The molecule has 0 atom stereocenters. The fourth-order valence-corrected chi connectivity index (χ4v) is 1.47. The molecule has 3 amide bonds. The minimum absolute atomic E-state index is 0.395. The average Bonchev–Trinajstić information content (AvgIpc) is 2.48. The molecule has 0 radical (unpaired) electrons. The maximum Gasteiger partial charge on any atom is 0.337 e. The van der Waals surface area contributed by atoms with Crippen LogP contribution in [0, 0.1) is 5.82 Å². The van der Waals surface area contributed by atoms with Crippen molar-refractivity contribution < 1.29 is 14.0 Å². The molecule has 0 fully saturated rings. The molecule has 0 aliphatic rings. The summed E-state index contributed by atoms with van der Waals surface area (Å²) in [5.41, 5.74) is 5.30. The Morgan fingerprint density at radius 2 is 1.50 bits per heavy atom. The van der Waals surface area contributed by atoms with Gasteiger partial charge in [0.1, 0.15) is 5.82 Å². The van der Waals surface area contributed by atoms with Gasteiger partial charge in [0, 0.05) is 11.3 Å². The number of anilines is 1. The van der Waals surface area contributed by atoms with Gasteiger partial charge in [0.25, 0.3) is 5.91 Å². The number of hydrazine groups is 1. The highest BCUT2D eigenvalue weighted by Crippen LogP contribution is 2.07. The quantitative estimate of drug-likeness (QED) is 0.735. The molecule has 2 rings (SSSR count). The van der Waals surface area contributed by atoms with Crippen molar-refractivity contribution in [2.75, 3.05) is 5.32 Å². The lowest BCUT2D eigenvalue weighted by molar-refractivity contribution is 0.0938. The third-order valence-corrected chi connectivity index (χ3v) is 2.43. The number of amides is 3. The van der Waals surface area contributed by atoms with E-state index in [1.165, 1.54) is 24.3 Å². The minimum atomic E-state index is -0.624. The molecule has 102 valence electrons. The van der Waals surface area contributed by atoms with Crippen molar-refractivity contribution in [2.45, 2.75) is 0 Å². The maximum atomic E-state index is 12.7. The average molecular weight is 273 g/mol. The van der Waals surface area contributed by atoms with E-state index in [1.807, 2.05) is 0 Å². The molecule has 6 heteroatoms. The van der Waals surface area contributed by atoms with Crippen molar-refractivity contribution in [2.24, 2.45) is 0 Å². The van der Waals surface area contributed by atoms with Crippen molar-refractivity contribution in [3.05, 3.63) is 66.0 Å². The van der Waals surface area contributed by atoms with E-state index in [-0.39, 0.29) is 0 Å². The number of carbonyl (C=O) groups excluding carboxylic acids is 2. The van der Waals surface area contributed by atoms with Crippen molar-refractivity contribution in [3.63, 3.8) is 0 Å². The Balaban J connectivity index is 1.83. The predicted molar refractivity (Wildman–Crippen MR) is 72.5 cm³/mol. The summed E-state index contributed by atoms with van der Waals surface area (Å²) in [5.74, 6) is -0.826. The second-order valence-corrected chi connectivity index (χ2v) is 3.91. The number of urea groups is 1. The number of halogens is 1. The van der Waals surface area contributed by atoms with Crippen molar-refractivity contribution in [1.82, 2.24) is 10.9 Å². The third kappa shape index (κ3) is 3.81. The minimum Gasteiger partial charge on any atom is -0.307 e. The van der Waals surface area contributed by atoms with Gasteiger partial charge in [0.2, 0.25) is 0 Å². The zero-order valence-electron chi connectivity index (χ0n) is 10.4. The van der Waals surface area contributed by atoms with Gasteiger partial charge < -0.3 is 5.32 Å². The Hall–Kier alpha value is -2.89. The predicted octanol–water partition coefficient (Wildman–Crippen LogP) is 2.29. The molecular formula is C14H12FN3O2. The Morgan fingerprint density at radius 3 is 2.15 bits per heavy atom. The number of nitrogens with one attached hydrogen (secondary N) is 3. The normalized spacial score (nSPS) is 9.65. The zero-order valence-corrected chi connectivity index (χ0v) is 10.4. The maximum absolute atomic E-state index is 12.7. The Bertz CT molecular complexity index is 600. The second kappa shape index (κ2) is 6.33. The van der Waals surface area contributed by atoms with Crippen LogP contribution in [-0.2, 0) is 0 Å². The fourth-order valence-electron chi connectivity index (χ4n) is 1.47. The zero-order chi connectivity index (χ0) is 14.4. The van der Waals surface area contributed by atoms with Crippen LogP contribution in [0.25, 0.3) is 0 Å². The van der Waals surface area contributed by atoms with Gasteiger partial charge in [-0.1, -0.05) is 18.2 Å². The summed E-state index contributed by atoms with van der Waals surface area (Å²) in [7, 11) is 0. The lowest BCUT2D eigenvalue weighted by Gasteiger charge is -2.08. The molecule has 5 nitrogen and oxygen atoms in total. The number of rotatable bonds is 2. The molecule has 0 aliphatic carbocycles. The van der Waals surface area contributed by atoms with Crippen LogP contribution in [0.3, 0.4) is 0 Å². The van der Waals surface area contributed by atoms with Gasteiger partial charge in [-0.25, -0.2) is 14.6 Å². The summed E-state index contributed by atoms with van der Waals surface area (Å²) in [6.07, 6.45) is 0. The fraction of sp³-hybridized carbons (Fsp3) is 0. The first kappa shape index (κ1) is 13.5. The molecule has 2 aromatic rings. The van der Waals surface area contributed by atoms with Crippen LogP contribution in [0.5, 0.6) is 0 Å². The molecule has 0 saturated carbocycles. The molecule has 20 heavy (non-hydrogen) atoms. The lowest BCUT2D eigenvalue weighted by atomic mass is 10.2. The van der Waals surface area contributed by atoms with E-state index >= 15 is 0 Å². The summed E-state index contributed by atoms with van der Waals surface area (Å²) in [6, 6.07) is 13.1. The Morgan fingerprint density at radius 1 is 0.850 bits per heavy atom. The molecule has 0 saturated heterocycles. The number of benzene rings is 2. The van der Waals surface area contributed by atoms with Crippen LogP contribution in [0.1, 0.15) is 10.4 Å². The molecule has 0 unspecified atom stereocenters. The monoisotopic (exact) mass is 273 g/mol. The first-order chi connectivity index (χ1) is 9.65. The summed E-state index contributed by atoms with van der Waals surface area (Å²) in [6.45, 7) is 0. The molecule has 0 heterocycles. The van der Waals surface area contributed by atoms with E-state index < -0.39 is 17.8 Å². The third-order valence-electron chi connectivity index (χ3n) is 2.43. The summed E-state index contributed by atoms with van der Waals surface area (Å²) in [4.78, 5) is 23.1. The number of carbonyl (C=O) groups is 2. The lowest BCUT2D eigenvalue weighted by Crippen LogP contribution is -2.43. The highest BCUT2D eigenvalue weighted by atomic mass is 19.1. The van der Waals surface area contributed by atoms with Gasteiger partial charge in [-0.05, 0) is 36.4 Å². The molecule has 0 aromatic heterocycles. The van der Waals surface area contributed by atoms with Gasteiger partial charge in [-0.3, -0.25) is 10.2 Å². The second-order valence-electron chi connectivity index (χ2n) is 3.91. The summed E-state index contributed by atoms with van der Waals surface area (Å²) >= 11 is 0. The van der Waals surface area contributed by atoms with Crippen LogP contribution in [0.15, 0.2) is 54.6 Å². The summed E-state index contributed by atoms with van der Waals surface area (Å²) in [5, 5.41) is 2.44. The largest absolute Gasteiger partial charge is 0.337 e. The van der Waals surface area contributed by atoms with E-state index in [4.69, 9.17) is 0 Å². The van der Waals surface area contributed by atoms with Crippen LogP contribution < -0.4 is 16.2 Å². The topological polar surface area (TPSA) is 70.2 Å². The van der Waals surface area contributed by atoms with E-state index in [0.29, 0.717) is 11.3 Å². The van der Waals surface area contributed by atoms with Crippen molar-refractivity contribution >= 4 is 17.6 Å². The molecule has 3 N–H and O–H groups in total. The molecule has 0 spiro atoms. The standard InChI is InChI=1S/C14H12FN3O2/c15-11-6-8-12(9-7-11)16-14(20)18-17-13(19)10-4-2-1-3-5-10/h1-9H,(H,17,19)(H2,16,18,20). The first-order valence-electron chi connectivity index (χ1n) is 5.83. The molecular weight excluding hydrogens is 261 g/mol. The molecule has 0 aliphatic heterocycles. The first-order valence-corrected chi connectivity index (χ1v) is 5.83. The van der Waals surface area contributed by atoms with E-state index in [0.717, 1.165) is 0 Å². The van der Waals surface area contributed by atoms with Gasteiger partial charge >= 0.3 is 6.03 Å². The van der Waals surface area contributed by atoms with E-state index in [2.05, 4.69) is 16.2 Å². The number of hydrogen-bond donors (Lipinski definition) is 3. The van der Waals surface area contributed by atoms with E-state index in [9.17, 15) is 14.0 Å². The van der Waals surface area contributed by atoms with Gasteiger partial charge in [-0.15, -0.1) is 0 Å².